The van der Waals surface area contributed by atoms with E-state index in [0.29, 0.717) is 0 Å². The van der Waals surface area contributed by atoms with Gasteiger partial charge in [0.15, 0.2) is 5.82 Å². The van der Waals surface area contributed by atoms with Gasteiger partial charge in [0.25, 0.3) is 0 Å². The van der Waals surface area contributed by atoms with Gasteiger partial charge < -0.3 is 5.21 Å². The summed E-state index contributed by atoms with van der Waals surface area (Å²) in [6.45, 7) is 1.51. The van der Waals surface area contributed by atoms with Crippen LogP contribution in [0, 0.1) is 5.82 Å². The Hall–Kier alpha value is -1.16. The number of oxime groups is 1. The lowest BCUT2D eigenvalue weighted by Crippen LogP contribution is -1.98. The van der Waals surface area contributed by atoms with Crippen LogP contribution >= 0.6 is 12.4 Å². The maximum Gasteiger partial charge on any atom is 0.150 e. The number of rotatable bonds is 1. The fourth-order valence-corrected chi connectivity index (χ4v) is 0.722. The SMILES string of the molecule is CC(=NO)c1ccncc1F.Cl. The van der Waals surface area contributed by atoms with E-state index in [-0.39, 0.29) is 23.7 Å². The van der Waals surface area contributed by atoms with Gasteiger partial charge in [-0.3, -0.25) is 4.98 Å². The normalized spacial score (nSPS) is 10.7. The highest BCUT2D eigenvalue weighted by Crippen LogP contribution is 2.04. The first-order valence-electron chi connectivity index (χ1n) is 3.04. The first kappa shape index (κ1) is 10.8. The van der Waals surface area contributed by atoms with Gasteiger partial charge in [0.2, 0.25) is 0 Å². The van der Waals surface area contributed by atoms with Gasteiger partial charge in [-0.2, -0.15) is 0 Å². The van der Waals surface area contributed by atoms with Crippen molar-refractivity contribution in [2.45, 2.75) is 6.92 Å². The summed E-state index contributed by atoms with van der Waals surface area (Å²) in [4.78, 5) is 3.55. The number of halogens is 2. The molecule has 0 aliphatic carbocycles. The molecule has 0 radical (unpaired) electrons. The Morgan fingerprint density at radius 2 is 2.33 bits per heavy atom. The molecular formula is C7H8ClFN2O. The third kappa shape index (κ3) is 2.17. The molecule has 1 heterocycles. The van der Waals surface area contributed by atoms with Crippen LogP contribution in [0.2, 0.25) is 0 Å². The molecule has 0 aliphatic heterocycles. The third-order valence-corrected chi connectivity index (χ3v) is 1.31. The molecule has 1 N–H and O–H groups in total. The van der Waals surface area contributed by atoms with E-state index in [1.54, 1.807) is 0 Å². The minimum Gasteiger partial charge on any atom is -0.411 e. The highest BCUT2D eigenvalue weighted by molar-refractivity contribution is 5.98. The molecule has 66 valence electrons. The first-order valence-corrected chi connectivity index (χ1v) is 3.04. The molecule has 3 nitrogen and oxygen atoms in total. The zero-order chi connectivity index (χ0) is 8.27. The van der Waals surface area contributed by atoms with Crippen LogP contribution in [-0.2, 0) is 0 Å². The molecule has 0 atom stereocenters. The van der Waals surface area contributed by atoms with Crippen molar-refractivity contribution in [3.05, 3.63) is 29.8 Å². The van der Waals surface area contributed by atoms with Crippen molar-refractivity contribution in [3.63, 3.8) is 0 Å². The average Bonchev–Trinajstić information content (AvgIpc) is 2.04. The zero-order valence-corrected chi connectivity index (χ0v) is 7.18. The van der Waals surface area contributed by atoms with Gasteiger partial charge >= 0.3 is 0 Å². The molecule has 0 aromatic carbocycles. The summed E-state index contributed by atoms with van der Waals surface area (Å²) in [5.74, 6) is -0.484. The molecule has 0 saturated carbocycles. The molecule has 0 spiro atoms. The molecule has 1 aromatic heterocycles. The number of hydrogen-bond acceptors (Lipinski definition) is 3. The van der Waals surface area contributed by atoms with E-state index in [1.807, 2.05) is 0 Å². The molecule has 0 aliphatic rings. The van der Waals surface area contributed by atoms with Crippen LogP contribution in [0.1, 0.15) is 12.5 Å². The van der Waals surface area contributed by atoms with Crippen molar-refractivity contribution in [2.24, 2.45) is 5.16 Å². The van der Waals surface area contributed by atoms with E-state index in [2.05, 4.69) is 10.1 Å². The minimum atomic E-state index is -0.484. The second kappa shape index (κ2) is 4.66. The predicted molar refractivity (Wildman–Crippen MR) is 45.4 cm³/mol. The number of aromatic nitrogens is 1. The van der Waals surface area contributed by atoms with Crippen molar-refractivity contribution in [2.75, 3.05) is 0 Å². The summed E-state index contributed by atoms with van der Waals surface area (Å²) in [7, 11) is 0. The smallest absolute Gasteiger partial charge is 0.150 e. The lowest BCUT2D eigenvalue weighted by Gasteiger charge is -1.97. The van der Waals surface area contributed by atoms with E-state index in [4.69, 9.17) is 5.21 Å². The third-order valence-electron chi connectivity index (χ3n) is 1.31. The van der Waals surface area contributed by atoms with Crippen LogP contribution < -0.4 is 0 Å². The van der Waals surface area contributed by atoms with Gasteiger partial charge in [0.05, 0.1) is 11.9 Å². The van der Waals surface area contributed by atoms with Gasteiger partial charge in [0.1, 0.15) is 0 Å². The van der Waals surface area contributed by atoms with E-state index < -0.39 is 5.82 Å². The van der Waals surface area contributed by atoms with Crippen LogP contribution in [0.4, 0.5) is 4.39 Å². The van der Waals surface area contributed by atoms with E-state index in [9.17, 15) is 4.39 Å². The Bertz CT molecular complexity index is 290. The van der Waals surface area contributed by atoms with E-state index in [0.717, 1.165) is 6.20 Å². The predicted octanol–water partition coefficient (Wildman–Crippen LogP) is 1.84. The molecule has 0 unspecified atom stereocenters. The molecular weight excluding hydrogens is 183 g/mol. The maximum absolute atomic E-state index is 12.8. The fourth-order valence-electron chi connectivity index (χ4n) is 0.722. The Morgan fingerprint density at radius 3 is 2.83 bits per heavy atom. The molecule has 5 heteroatoms. The standard InChI is InChI=1S/C7H7FN2O.ClH/c1-5(10-11)6-2-3-9-4-7(6)8;/h2-4,11H,1H3;1H. The summed E-state index contributed by atoms with van der Waals surface area (Å²) >= 11 is 0. The summed E-state index contributed by atoms with van der Waals surface area (Å²) in [5, 5.41) is 11.2. The van der Waals surface area contributed by atoms with Crippen LogP contribution in [-0.4, -0.2) is 15.9 Å². The molecule has 1 aromatic rings. The highest BCUT2D eigenvalue weighted by Gasteiger charge is 2.03. The Kier molecular flexibility index (Phi) is 4.21. The first-order chi connectivity index (χ1) is 5.25. The summed E-state index contributed by atoms with van der Waals surface area (Å²) in [5.41, 5.74) is 0.507. The lowest BCUT2D eigenvalue weighted by atomic mass is 10.2. The van der Waals surface area contributed by atoms with Crippen LogP contribution in [0.15, 0.2) is 23.6 Å². The number of hydrogen-bond donors (Lipinski definition) is 1. The average molecular weight is 191 g/mol. The number of pyridine rings is 1. The fraction of sp³-hybridized carbons (Fsp3) is 0.143. The largest absolute Gasteiger partial charge is 0.411 e. The highest BCUT2D eigenvalue weighted by atomic mass is 35.5. The van der Waals surface area contributed by atoms with Crippen molar-refractivity contribution in [3.8, 4) is 0 Å². The van der Waals surface area contributed by atoms with Crippen molar-refractivity contribution >= 4 is 18.1 Å². The summed E-state index contributed by atoms with van der Waals surface area (Å²) in [6.07, 6.45) is 2.51. The second-order valence-electron chi connectivity index (χ2n) is 2.04. The molecule has 0 fully saturated rings. The Labute approximate surface area is 75.3 Å². The molecule has 0 saturated heterocycles. The number of nitrogens with zero attached hydrogens (tertiary/aromatic N) is 2. The Balaban J connectivity index is 0.00000121. The second-order valence-corrected chi connectivity index (χ2v) is 2.04. The monoisotopic (exact) mass is 190 g/mol. The van der Waals surface area contributed by atoms with Crippen LogP contribution in [0.25, 0.3) is 0 Å². The zero-order valence-electron chi connectivity index (χ0n) is 6.36. The minimum absolute atomic E-state index is 0. The summed E-state index contributed by atoms with van der Waals surface area (Å²) < 4.78 is 12.8. The summed E-state index contributed by atoms with van der Waals surface area (Å²) in [6, 6.07) is 1.45. The molecule has 1 rings (SSSR count). The lowest BCUT2D eigenvalue weighted by molar-refractivity contribution is 0.319. The van der Waals surface area contributed by atoms with Gasteiger partial charge in [-0.25, -0.2) is 4.39 Å². The van der Waals surface area contributed by atoms with Crippen LogP contribution in [0.5, 0.6) is 0 Å². The van der Waals surface area contributed by atoms with Gasteiger partial charge in [-0.15, -0.1) is 12.4 Å². The maximum atomic E-state index is 12.8. The van der Waals surface area contributed by atoms with Crippen molar-refractivity contribution < 1.29 is 9.60 Å². The van der Waals surface area contributed by atoms with Crippen molar-refractivity contribution in [1.29, 1.82) is 0 Å². The molecule has 12 heavy (non-hydrogen) atoms. The van der Waals surface area contributed by atoms with Gasteiger partial charge in [-0.05, 0) is 13.0 Å². The van der Waals surface area contributed by atoms with E-state index in [1.165, 1.54) is 19.2 Å². The quantitative estimate of drug-likeness (QED) is 0.417. The van der Waals surface area contributed by atoms with Gasteiger partial charge in [-0.1, -0.05) is 5.16 Å². The molecule has 0 bridgehead atoms. The topological polar surface area (TPSA) is 45.5 Å². The van der Waals surface area contributed by atoms with Gasteiger partial charge in [0, 0.05) is 11.8 Å². The van der Waals surface area contributed by atoms with Crippen LogP contribution in [0.3, 0.4) is 0 Å². The van der Waals surface area contributed by atoms with Crippen molar-refractivity contribution in [1.82, 2.24) is 4.98 Å². The van der Waals surface area contributed by atoms with E-state index >= 15 is 0 Å². The molecule has 0 amide bonds. The Morgan fingerprint density at radius 1 is 1.67 bits per heavy atom.